The summed E-state index contributed by atoms with van der Waals surface area (Å²) < 4.78 is 5.79. The van der Waals surface area contributed by atoms with E-state index in [2.05, 4.69) is 47.7 Å². The molecule has 0 aromatic rings. The Labute approximate surface area is 198 Å². The van der Waals surface area contributed by atoms with Gasteiger partial charge < -0.3 is 4.74 Å². The second-order valence-electron chi connectivity index (χ2n) is 11.9. The maximum absolute atomic E-state index is 6.36. The van der Waals surface area contributed by atoms with E-state index in [9.17, 15) is 0 Å². The molecule has 1 saturated heterocycles. The van der Waals surface area contributed by atoms with Gasteiger partial charge >= 0.3 is 0 Å². The lowest BCUT2D eigenvalue weighted by atomic mass is 8.57. The van der Waals surface area contributed by atoms with Gasteiger partial charge in [-0.05, 0) is 17.4 Å². The smallest absolute Gasteiger partial charge is 0.0969 e. The zero-order chi connectivity index (χ0) is 23.3. The average Bonchev–Trinajstić information content (AvgIpc) is 3.24. The van der Waals surface area contributed by atoms with Crippen molar-refractivity contribution in [2.75, 3.05) is 13.2 Å². The molecule has 0 aromatic heterocycles. The highest BCUT2D eigenvalue weighted by atomic mass is 28.3. The quantitative estimate of drug-likeness (QED) is 0.318. The lowest BCUT2D eigenvalue weighted by Crippen LogP contribution is -2.63. The molecule has 12 heteroatoms. The highest BCUT2D eigenvalue weighted by Gasteiger charge is 2.57. The molecule has 10 radical (unpaired) electrons. The molecule has 0 bridgehead atoms. The average molecular weight is 407 g/mol. The summed E-state index contributed by atoms with van der Waals surface area (Å²) in [5.74, 6) is 1.81. The van der Waals surface area contributed by atoms with E-state index in [1.54, 1.807) is 0 Å². The third-order valence-electron chi connectivity index (χ3n) is 7.82. The summed E-state index contributed by atoms with van der Waals surface area (Å²) in [5.41, 5.74) is 0. The van der Waals surface area contributed by atoms with Gasteiger partial charge in [0.2, 0.25) is 0 Å². The van der Waals surface area contributed by atoms with Gasteiger partial charge in [0.15, 0.2) is 0 Å². The van der Waals surface area contributed by atoms with Gasteiger partial charge in [0, 0.05) is 77.4 Å². The molecule has 0 aliphatic carbocycles. The Morgan fingerprint density at radius 1 is 0.933 bits per heavy atom. The predicted molar refractivity (Wildman–Crippen MR) is 151 cm³/mol. The Balaban J connectivity index is 2.72. The van der Waals surface area contributed by atoms with E-state index in [4.69, 9.17) is 43.4 Å². The Kier molecular flexibility index (Phi) is 11.9. The molecule has 2 atom stereocenters. The number of hydrogen-bond acceptors (Lipinski definition) is 1. The first-order valence-corrected chi connectivity index (χ1v) is 15.3. The van der Waals surface area contributed by atoms with Crippen molar-refractivity contribution in [1.29, 1.82) is 0 Å². The fourth-order valence-corrected chi connectivity index (χ4v) is 6.62. The molecule has 0 aromatic carbocycles. The summed E-state index contributed by atoms with van der Waals surface area (Å²) in [6.07, 6.45) is 3.26. The zero-order valence-corrected chi connectivity index (χ0v) is 21.9. The topological polar surface area (TPSA) is 9.23 Å². The Hall–Kier alpha value is 0.826. The summed E-state index contributed by atoms with van der Waals surface area (Å²) >= 11 is 0. The molecule has 0 saturated carbocycles. The van der Waals surface area contributed by atoms with E-state index >= 15 is 0 Å². The van der Waals surface area contributed by atoms with Crippen LogP contribution in [0.1, 0.15) is 60.3 Å². The summed E-state index contributed by atoms with van der Waals surface area (Å²) in [4.78, 5) is 0. The van der Waals surface area contributed by atoms with Crippen LogP contribution < -0.4 is 0 Å². The van der Waals surface area contributed by atoms with Crippen LogP contribution in [0.5, 0.6) is 0 Å². The van der Waals surface area contributed by atoms with Crippen LogP contribution in [0.3, 0.4) is 0 Å². The highest BCUT2D eigenvalue weighted by molar-refractivity contribution is 8.01. The van der Waals surface area contributed by atoms with Crippen LogP contribution in [-0.4, -0.2) is 92.1 Å². The molecule has 150 valence electrons. The molecule has 1 aliphatic rings. The first kappa shape index (κ1) is 28.9. The largest absolute Gasteiger partial charge is 0.381 e. The number of rotatable bonds is 14. The van der Waals surface area contributed by atoms with E-state index in [-0.39, 0.29) is 12.8 Å². The maximum Gasteiger partial charge on any atom is 0.0969 e. The van der Waals surface area contributed by atoms with Gasteiger partial charge in [-0.15, -0.1) is 0 Å². The second-order valence-corrected chi connectivity index (χ2v) is 17.6. The van der Waals surface area contributed by atoms with Crippen molar-refractivity contribution >= 4 is 78.9 Å². The van der Waals surface area contributed by atoms with Gasteiger partial charge in [0.25, 0.3) is 0 Å². The molecule has 1 fully saturated rings. The minimum atomic E-state index is -1.26. The number of ether oxygens (including phenoxy) is 1. The fourth-order valence-electron chi connectivity index (χ4n) is 4.78. The van der Waals surface area contributed by atoms with E-state index in [1.165, 1.54) is 18.9 Å². The molecular formula is C18H38B10OSi. The Bertz CT molecular complexity index is 500. The normalized spacial score (nSPS) is 19.1. The van der Waals surface area contributed by atoms with Crippen LogP contribution in [-0.2, 0) is 4.74 Å². The molecule has 0 N–H and O–H groups in total. The minimum absolute atomic E-state index is 0.0237. The third-order valence-corrected chi connectivity index (χ3v) is 13.5. The SMILES string of the molecule is [B]B([B])B([B])B(B([B])[B])B1C(CCCOCC(C)C)C1CCC[Si](C)(C)C(C)(C)C. The molecule has 1 aliphatic heterocycles. The van der Waals surface area contributed by atoms with Crippen LogP contribution in [0.4, 0.5) is 0 Å². The Morgan fingerprint density at radius 3 is 1.90 bits per heavy atom. The molecule has 0 spiro atoms. The lowest BCUT2D eigenvalue weighted by molar-refractivity contribution is 0.107. The molecule has 30 heavy (non-hydrogen) atoms. The molecule has 1 nitrogen and oxygen atoms in total. The van der Waals surface area contributed by atoms with Gasteiger partial charge in [-0.1, -0.05) is 84.7 Å². The van der Waals surface area contributed by atoms with E-state index in [0.717, 1.165) is 26.1 Å². The van der Waals surface area contributed by atoms with Crippen molar-refractivity contribution in [2.45, 2.75) is 96.1 Å². The van der Waals surface area contributed by atoms with Crippen molar-refractivity contribution in [1.82, 2.24) is 0 Å². The summed E-state index contributed by atoms with van der Waals surface area (Å²) in [7, 11) is 29.3. The van der Waals surface area contributed by atoms with Crippen molar-refractivity contribution in [3.05, 3.63) is 0 Å². The summed E-state index contributed by atoms with van der Waals surface area (Å²) in [6.45, 7) is 18.6. The third kappa shape index (κ3) is 8.64. The van der Waals surface area contributed by atoms with Gasteiger partial charge in [-0.2, -0.15) is 0 Å². The number of hydrogen-bond donors (Lipinski definition) is 0. The van der Waals surface area contributed by atoms with Crippen molar-refractivity contribution in [3.63, 3.8) is 0 Å². The Morgan fingerprint density at radius 2 is 1.47 bits per heavy atom. The van der Waals surface area contributed by atoms with Crippen LogP contribution >= 0.6 is 0 Å². The molecular weight excluding hydrogens is 368 g/mol. The van der Waals surface area contributed by atoms with E-state index < -0.39 is 20.8 Å². The standard InChI is InChI=1S/C18H38B10OSi/c1-15(2)14-29-12-8-10-16-17(11-9-13-30(6,7)18(3,4)5)24(16)28(26(21)22)27(23)25(19)20/h15-17H,8-14H2,1-7H3. The lowest BCUT2D eigenvalue weighted by Gasteiger charge is -2.37. The van der Waals surface area contributed by atoms with Crippen molar-refractivity contribution in [2.24, 2.45) is 5.92 Å². The van der Waals surface area contributed by atoms with E-state index in [1.807, 2.05) is 0 Å². The van der Waals surface area contributed by atoms with Crippen LogP contribution in [0.2, 0.25) is 35.8 Å². The van der Waals surface area contributed by atoms with Crippen LogP contribution in [0, 0.1) is 5.92 Å². The fraction of sp³-hybridized carbons (Fsp3) is 1.00. The van der Waals surface area contributed by atoms with Crippen LogP contribution in [0.25, 0.3) is 0 Å². The second kappa shape index (κ2) is 12.3. The van der Waals surface area contributed by atoms with Gasteiger partial charge in [0.05, 0.1) is 14.7 Å². The molecule has 2 unspecified atom stereocenters. The molecule has 0 amide bonds. The predicted octanol–water partition coefficient (Wildman–Crippen LogP) is 2.60. The van der Waals surface area contributed by atoms with E-state index in [0.29, 0.717) is 29.2 Å². The minimum Gasteiger partial charge on any atom is -0.381 e. The maximum atomic E-state index is 6.36. The molecule has 1 heterocycles. The van der Waals surface area contributed by atoms with Gasteiger partial charge in [-0.25, -0.2) is 0 Å². The van der Waals surface area contributed by atoms with Gasteiger partial charge in [0.1, 0.15) is 0 Å². The van der Waals surface area contributed by atoms with Crippen LogP contribution in [0.15, 0.2) is 0 Å². The van der Waals surface area contributed by atoms with Crippen molar-refractivity contribution in [3.8, 4) is 0 Å². The summed E-state index contributed by atoms with van der Waals surface area (Å²) in [5, 5.41) is 0.430. The molecule has 1 rings (SSSR count). The first-order chi connectivity index (χ1) is 13.7. The van der Waals surface area contributed by atoms with Crippen molar-refractivity contribution < 1.29 is 4.74 Å². The first-order valence-electron chi connectivity index (χ1n) is 12.1. The highest BCUT2D eigenvalue weighted by Crippen LogP contribution is 2.57. The monoisotopic (exact) mass is 408 g/mol. The summed E-state index contributed by atoms with van der Waals surface area (Å²) in [6, 6.07) is 1.35. The zero-order valence-electron chi connectivity index (χ0n) is 20.9. The van der Waals surface area contributed by atoms with Gasteiger partial charge in [-0.3, -0.25) is 0 Å².